The Labute approximate surface area is 211 Å². The molecule has 3 rings (SSSR count). The van der Waals surface area contributed by atoms with Crippen LogP contribution in [0.2, 0.25) is 0 Å². The SMILES string of the molecule is CC(COc1ccc(OCC(N)=O)cc1)N(CCc1ccccc1O)CC(O)COc1ccccc1. The van der Waals surface area contributed by atoms with Crippen LogP contribution in [0, 0.1) is 0 Å². The predicted molar refractivity (Wildman–Crippen MR) is 137 cm³/mol. The number of carbonyl (C=O) groups is 1. The maximum absolute atomic E-state index is 10.9. The van der Waals surface area contributed by atoms with Crippen molar-refractivity contribution in [1.82, 2.24) is 4.90 Å². The van der Waals surface area contributed by atoms with Crippen molar-refractivity contribution >= 4 is 5.91 Å². The van der Waals surface area contributed by atoms with E-state index in [1.165, 1.54) is 0 Å². The number of rotatable bonds is 15. The van der Waals surface area contributed by atoms with E-state index in [9.17, 15) is 15.0 Å². The van der Waals surface area contributed by atoms with Gasteiger partial charge in [-0.2, -0.15) is 0 Å². The molecule has 0 fully saturated rings. The fraction of sp³-hybridized carbons (Fsp3) is 0.321. The molecule has 0 saturated heterocycles. The molecule has 0 heterocycles. The Balaban J connectivity index is 1.57. The van der Waals surface area contributed by atoms with Crippen molar-refractivity contribution in [3.05, 3.63) is 84.4 Å². The molecule has 2 atom stereocenters. The number of aliphatic hydroxyl groups is 1. The lowest BCUT2D eigenvalue weighted by Crippen LogP contribution is -2.44. The second kappa shape index (κ2) is 14.0. The third-order valence-electron chi connectivity index (χ3n) is 5.61. The minimum absolute atomic E-state index is 0.0342. The summed E-state index contributed by atoms with van der Waals surface area (Å²) < 4.78 is 17.0. The largest absolute Gasteiger partial charge is 0.508 e. The van der Waals surface area contributed by atoms with Gasteiger partial charge in [-0.15, -0.1) is 0 Å². The molecular weight excluding hydrogens is 460 g/mol. The second-order valence-corrected chi connectivity index (χ2v) is 8.54. The van der Waals surface area contributed by atoms with Crippen molar-refractivity contribution in [2.75, 3.05) is 32.9 Å². The Kier molecular flexibility index (Phi) is 10.4. The lowest BCUT2D eigenvalue weighted by Gasteiger charge is -2.31. The average molecular weight is 495 g/mol. The van der Waals surface area contributed by atoms with E-state index in [0.717, 1.165) is 5.56 Å². The second-order valence-electron chi connectivity index (χ2n) is 8.54. The normalized spacial score (nSPS) is 12.6. The van der Waals surface area contributed by atoms with E-state index in [1.807, 2.05) is 49.4 Å². The van der Waals surface area contributed by atoms with Crippen molar-refractivity contribution in [1.29, 1.82) is 0 Å². The van der Waals surface area contributed by atoms with Crippen molar-refractivity contribution in [3.63, 3.8) is 0 Å². The van der Waals surface area contributed by atoms with Gasteiger partial charge in [0.2, 0.25) is 0 Å². The number of aromatic hydroxyl groups is 1. The topological polar surface area (TPSA) is 114 Å². The summed E-state index contributed by atoms with van der Waals surface area (Å²) in [4.78, 5) is 13.0. The Hall–Kier alpha value is -3.75. The van der Waals surface area contributed by atoms with Crippen LogP contribution in [0.3, 0.4) is 0 Å². The highest BCUT2D eigenvalue weighted by molar-refractivity contribution is 5.75. The minimum atomic E-state index is -0.710. The molecule has 36 heavy (non-hydrogen) atoms. The van der Waals surface area contributed by atoms with Gasteiger partial charge in [-0.3, -0.25) is 9.69 Å². The van der Waals surface area contributed by atoms with E-state index in [0.29, 0.717) is 43.4 Å². The summed E-state index contributed by atoms with van der Waals surface area (Å²) in [5.41, 5.74) is 5.94. The molecule has 0 aromatic heterocycles. The standard InChI is InChI=1S/C28H34N2O6/c1-21(18-34-25-11-13-26(14-12-25)36-20-28(29)33)30(16-15-22-7-5-6-10-27(22)32)17-23(31)19-35-24-8-3-2-4-9-24/h2-14,21,23,31-32H,15-20H2,1H3,(H2,29,33). The number of para-hydroxylation sites is 2. The molecule has 8 heteroatoms. The highest BCUT2D eigenvalue weighted by Crippen LogP contribution is 2.20. The smallest absolute Gasteiger partial charge is 0.255 e. The number of hydrogen-bond acceptors (Lipinski definition) is 7. The van der Waals surface area contributed by atoms with Gasteiger partial charge in [-0.05, 0) is 61.4 Å². The Morgan fingerprint density at radius 3 is 2.11 bits per heavy atom. The summed E-state index contributed by atoms with van der Waals surface area (Å²) in [6.45, 7) is 3.39. The maximum Gasteiger partial charge on any atom is 0.255 e. The van der Waals surface area contributed by atoms with E-state index in [4.69, 9.17) is 19.9 Å². The van der Waals surface area contributed by atoms with Crippen molar-refractivity contribution in [2.45, 2.75) is 25.5 Å². The third kappa shape index (κ3) is 9.13. The zero-order chi connectivity index (χ0) is 25.8. The molecule has 0 aliphatic rings. The third-order valence-corrected chi connectivity index (χ3v) is 5.61. The molecule has 0 spiro atoms. The van der Waals surface area contributed by atoms with Crippen LogP contribution in [0.5, 0.6) is 23.0 Å². The average Bonchev–Trinajstić information content (AvgIpc) is 2.89. The molecular formula is C28H34N2O6. The van der Waals surface area contributed by atoms with Crippen LogP contribution in [0.1, 0.15) is 12.5 Å². The van der Waals surface area contributed by atoms with Crippen LogP contribution in [0.4, 0.5) is 0 Å². The van der Waals surface area contributed by atoms with Gasteiger partial charge in [0.05, 0.1) is 0 Å². The molecule has 0 aliphatic heterocycles. The van der Waals surface area contributed by atoms with Gasteiger partial charge in [-0.1, -0.05) is 36.4 Å². The first-order chi connectivity index (χ1) is 17.4. The number of hydrogen-bond donors (Lipinski definition) is 3. The number of carbonyl (C=O) groups excluding carboxylic acids is 1. The van der Waals surface area contributed by atoms with Gasteiger partial charge in [-0.25, -0.2) is 0 Å². The van der Waals surface area contributed by atoms with Gasteiger partial charge >= 0.3 is 0 Å². The van der Waals surface area contributed by atoms with E-state index < -0.39 is 12.0 Å². The highest BCUT2D eigenvalue weighted by Gasteiger charge is 2.20. The van der Waals surface area contributed by atoms with Crippen LogP contribution in [-0.4, -0.2) is 66.1 Å². The molecule has 3 aromatic carbocycles. The summed E-state index contributed by atoms with van der Waals surface area (Å²) in [6.07, 6.45) is -0.0893. The van der Waals surface area contributed by atoms with Crippen LogP contribution in [0.25, 0.3) is 0 Å². The Morgan fingerprint density at radius 1 is 0.861 bits per heavy atom. The Bertz CT molecular complexity index is 1060. The number of nitrogens with zero attached hydrogens (tertiary/aromatic N) is 1. The summed E-state index contributed by atoms with van der Waals surface area (Å²) in [5.74, 6) is 1.61. The van der Waals surface area contributed by atoms with Crippen LogP contribution < -0.4 is 19.9 Å². The molecule has 1 amide bonds. The van der Waals surface area contributed by atoms with Crippen LogP contribution in [-0.2, 0) is 11.2 Å². The zero-order valence-corrected chi connectivity index (χ0v) is 20.5. The summed E-state index contributed by atoms with van der Waals surface area (Å²) in [6, 6.07) is 23.5. The van der Waals surface area contributed by atoms with Crippen molar-refractivity contribution in [3.8, 4) is 23.0 Å². The van der Waals surface area contributed by atoms with Gasteiger partial charge in [0.1, 0.15) is 42.3 Å². The molecule has 8 nitrogen and oxygen atoms in total. The lowest BCUT2D eigenvalue weighted by molar-refractivity contribution is -0.119. The summed E-state index contributed by atoms with van der Waals surface area (Å²) in [5, 5.41) is 20.8. The first kappa shape index (κ1) is 26.8. The zero-order valence-electron chi connectivity index (χ0n) is 20.5. The summed E-state index contributed by atoms with van der Waals surface area (Å²) in [7, 11) is 0. The molecule has 0 saturated carbocycles. The number of aliphatic hydroxyl groups excluding tert-OH is 1. The van der Waals surface area contributed by atoms with E-state index in [2.05, 4.69) is 4.90 Å². The molecule has 3 aromatic rings. The fourth-order valence-corrected chi connectivity index (χ4v) is 3.62. The molecule has 2 unspecified atom stereocenters. The highest BCUT2D eigenvalue weighted by atomic mass is 16.5. The summed E-state index contributed by atoms with van der Waals surface area (Å²) >= 11 is 0. The molecule has 192 valence electrons. The monoisotopic (exact) mass is 494 g/mol. The first-order valence-corrected chi connectivity index (χ1v) is 11.9. The van der Waals surface area contributed by atoms with Crippen LogP contribution in [0.15, 0.2) is 78.9 Å². The van der Waals surface area contributed by atoms with Gasteiger partial charge in [0.15, 0.2) is 6.61 Å². The van der Waals surface area contributed by atoms with E-state index in [1.54, 1.807) is 36.4 Å². The number of phenolic OH excluding ortho intramolecular Hbond substituents is 1. The minimum Gasteiger partial charge on any atom is -0.508 e. The van der Waals surface area contributed by atoms with E-state index in [-0.39, 0.29) is 25.0 Å². The van der Waals surface area contributed by atoms with Crippen molar-refractivity contribution in [2.24, 2.45) is 5.73 Å². The van der Waals surface area contributed by atoms with Crippen LogP contribution >= 0.6 is 0 Å². The fourth-order valence-electron chi connectivity index (χ4n) is 3.62. The van der Waals surface area contributed by atoms with E-state index >= 15 is 0 Å². The lowest BCUT2D eigenvalue weighted by atomic mass is 10.1. The number of phenols is 1. The predicted octanol–water partition coefficient (Wildman–Crippen LogP) is 3.01. The number of ether oxygens (including phenoxy) is 3. The number of amides is 1. The maximum atomic E-state index is 10.9. The molecule has 4 N–H and O–H groups in total. The van der Waals surface area contributed by atoms with Gasteiger partial charge in [0.25, 0.3) is 5.91 Å². The van der Waals surface area contributed by atoms with Gasteiger partial charge in [0, 0.05) is 19.1 Å². The van der Waals surface area contributed by atoms with Gasteiger partial charge < -0.3 is 30.2 Å². The molecule has 0 aliphatic carbocycles. The number of primary amides is 1. The number of nitrogens with two attached hydrogens (primary N) is 1. The first-order valence-electron chi connectivity index (χ1n) is 11.9. The number of benzene rings is 3. The van der Waals surface area contributed by atoms with Crippen molar-refractivity contribution < 1.29 is 29.2 Å². The molecule has 0 bridgehead atoms. The quantitative estimate of drug-likeness (QED) is 0.298. The molecule has 0 radical (unpaired) electrons. The Morgan fingerprint density at radius 2 is 1.44 bits per heavy atom.